The van der Waals surface area contributed by atoms with E-state index in [2.05, 4.69) is 15.8 Å². The molecule has 3 aromatic rings. The van der Waals surface area contributed by atoms with E-state index in [0.29, 0.717) is 10.6 Å². The normalized spacial score (nSPS) is 12.3. The van der Waals surface area contributed by atoms with Gasteiger partial charge in [0.05, 0.1) is 11.2 Å². The van der Waals surface area contributed by atoms with Crippen molar-refractivity contribution in [3.05, 3.63) is 70.2 Å². The fraction of sp³-hybridized carbons (Fsp3) is 0.100. The number of hydrogen-bond acceptors (Lipinski definition) is 4. The van der Waals surface area contributed by atoms with E-state index in [1.165, 1.54) is 18.3 Å². The first kappa shape index (κ1) is 19.0. The standard InChI is InChI=1S/C20H17Cl2N3O2/c1-12(24-17-7-6-13-4-2-3-5-14(13)9-17)20(27)25-23-11-15-8-16(21)10-18(22)19(15)26/h2-12,24,26H,1H3,(H,25,27)/b23-11+/t12-/m1/s1. The fourth-order valence-corrected chi connectivity index (χ4v) is 3.05. The molecule has 0 aliphatic carbocycles. The van der Waals surface area contributed by atoms with Gasteiger partial charge in [0.15, 0.2) is 0 Å². The van der Waals surface area contributed by atoms with Crippen LogP contribution in [0.2, 0.25) is 10.0 Å². The zero-order valence-corrected chi connectivity index (χ0v) is 15.9. The van der Waals surface area contributed by atoms with Crippen LogP contribution in [0.4, 0.5) is 5.69 Å². The van der Waals surface area contributed by atoms with Crippen LogP contribution in [0.25, 0.3) is 10.8 Å². The van der Waals surface area contributed by atoms with Gasteiger partial charge in [-0.05, 0) is 42.0 Å². The predicted molar refractivity (Wildman–Crippen MR) is 111 cm³/mol. The smallest absolute Gasteiger partial charge is 0.262 e. The maximum atomic E-state index is 12.2. The number of phenolic OH excluding ortho intramolecular Hbond substituents is 1. The first-order chi connectivity index (χ1) is 12.9. The van der Waals surface area contributed by atoms with Crippen LogP contribution < -0.4 is 10.7 Å². The number of rotatable bonds is 5. The molecule has 3 N–H and O–H groups in total. The molecule has 5 nitrogen and oxygen atoms in total. The number of amides is 1. The van der Waals surface area contributed by atoms with Crippen LogP contribution in [0.3, 0.4) is 0 Å². The molecule has 0 unspecified atom stereocenters. The van der Waals surface area contributed by atoms with E-state index in [1.54, 1.807) is 6.92 Å². The van der Waals surface area contributed by atoms with Crippen LogP contribution in [0.5, 0.6) is 5.75 Å². The third kappa shape index (κ3) is 4.70. The Bertz CT molecular complexity index is 1020. The van der Waals surface area contributed by atoms with Crippen molar-refractivity contribution in [3.63, 3.8) is 0 Å². The van der Waals surface area contributed by atoms with Crippen molar-refractivity contribution < 1.29 is 9.90 Å². The van der Waals surface area contributed by atoms with Gasteiger partial charge in [-0.3, -0.25) is 4.79 Å². The number of carbonyl (C=O) groups excluding carboxylic acids is 1. The molecule has 1 amide bonds. The van der Waals surface area contributed by atoms with Gasteiger partial charge in [0.1, 0.15) is 11.8 Å². The Balaban J connectivity index is 1.63. The van der Waals surface area contributed by atoms with Gasteiger partial charge in [0.2, 0.25) is 0 Å². The minimum Gasteiger partial charge on any atom is -0.506 e. The summed E-state index contributed by atoms with van der Waals surface area (Å²) in [5, 5.41) is 19.5. The van der Waals surface area contributed by atoms with Crippen LogP contribution in [0, 0.1) is 0 Å². The molecule has 0 saturated carbocycles. The number of benzene rings is 3. The molecular weight excluding hydrogens is 385 g/mol. The highest BCUT2D eigenvalue weighted by molar-refractivity contribution is 6.36. The zero-order chi connectivity index (χ0) is 19.4. The lowest BCUT2D eigenvalue weighted by Crippen LogP contribution is -2.34. The molecule has 1 atom stereocenters. The Labute approximate surface area is 166 Å². The van der Waals surface area contributed by atoms with Crippen LogP contribution in [0.15, 0.2) is 59.7 Å². The lowest BCUT2D eigenvalue weighted by Gasteiger charge is -2.14. The highest BCUT2D eigenvalue weighted by atomic mass is 35.5. The third-order valence-corrected chi connectivity index (χ3v) is 4.47. The van der Waals surface area contributed by atoms with E-state index >= 15 is 0 Å². The number of hydrazone groups is 1. The summed E-state index contributed by atoms with van der Waals surface area (Å²) in [6.07, 6.45) is 1.29. The monoisotopic (exact) mass is 401 g/mol. The summed E-state index contributed by atoms with van der Waals surface area (Å²) in [6, 6.07) is 16.3. The van der Waals surface area contributed by atoms with Crippen molar-refractivity contribution in [2.75, 3.05) is 5.32 Å². The Kier molecular flexibility index (Phi) is 5.84. The molecule has 27 heavy (non-hydrogen) atoms. The summed E-state index contributed by atoms with van der Waals surface area (Å²) in [7, 11) is 0. The van der Waals surface area contributed by atoms with Crippen LogP contribution in [-0.2, 0) is 4.79 Å². The Morgan fingerprint density at radius 1 is 1.11 bits per heavy atom. The molecule has 7 heteroatoms. The highest BCUT2D eigenvalue weighted by Gasteiger charge is 2.12. The fourth-order valence-electron chi connectivity index (χ4n) is 2.54. The molecule has 3 rings (SSSR count). The summed E-state index contributed by atoms with van der Waals surface area (Å²) in [5.74, 6) is -0.478. The quantitative estimate of drug-likeness (QED) is 0.424. The second-order valence-corrected chi connectivity index (χ2v) is 6.83. The van der Waals surface area contributed by atoms with Gasteiger partial charge < -0.3 is 10.4 Å². The molecule has 0 bridgehead atoms. The van der Waals surface area contributed by atoms with Gasteiger partial charge in [-0.15, -0.1) is 0 Å². The molecular formula is C20H17Cl2N3O2. The molecule has 0 saturated heterocycles. The van der Waals surface area contributed by atoms with Crippen LogP contribution in [-0.4, -0.2) is 23.3 Å². The van der Waals surface area contributed by atoms with Gasteiger partial charge in [-0.1, -0.05) is 53.5 Å². The zero-order valence-electron chi connectivity index (χ0n) is 14.4. The summed E-state index contributed by atoms with van der Waals surface area (Å²) >= 11 is 11.7. The van der Waals surface area contributed by atoms with Crippen molar-refractivity contribution in [2.45, 2.75) is 13.0 Å². The molecule has 0 heterocycles. The molecule has 0 fully saturated rings. The number of anilines is 1. The highest BCUT2D eigenvalue weighted by Crippen LogP contribution is 2.29. The maximum Gasteiger partial charge on any atom is 0.262 e. The van der Waals surface area contributed by atoms with Crippen molar-refractivity contribution in [3.8, 4) is 5.75 Å². The summed E-state index contributed by atoms with van der Waals surface area (Å²) in [5.41, 5.74) is 3.57. The van der Waals surface area contributed by atoms with E-state index in [0.717, 1.165) is 16.5 Å². The second-order valence-electron chi connectivity index (χ2n) is 5.99. The van der Waals surface area contributed by atoms with Crippen LogP contribution in [0.1, 0.15) is 12.5 Å². The van der Waals surface area contributed by atoms with Gasteiger partial charge in [-0.2, -0.15) is 5.10 Å². The number of carbonyl (C=O) groups is 1. The number of phenols is 1. The molecule has 0 radical (unpaired) electrons. The summed E-state index contributed by atoms with van der Waals surface area (Å²) in [4.78, 5) is 12.2. The van der Waals surface area contributed by atoms with E-state index in [4.69, 9.17) is 23.2 Å². The molecule has 0 aliphatic rings. The van der Waals surface area contributed by atoms with E-state index in [1.807, 2.05) is 42.5 Å². The Morgan fingerprint density at radius 3 is 2.63 bits per heavy atom. The third-order valence-electron chi connectivity index (χ3n) is 3.96. The van der Waals surface area contributed by atoms with E-state index in [-0.39, 0.29) is 16.7 Å². The van der Waals surface area contributed by atoms with Crippen LogP contribution >= 0.6 is 23.2 Å². The number of aromatic hydroxyl groups is 1. The predicted octanol–water partition coefficient (Wildman–Crippen LogP) is 4.80. The Hall–Kier alpha value is -2.76. The van der Waals surface area contributed by atoms with Gasteiger partial charge in [-0.25, -0.2) is 5.43 Å². The first-order valence-corrected chi connectivity index (χ1v) is 8.96. The maximum absolute atomic E-state index is 12.2. The molecule has 138 valence electrons. The Morgan fingerprint density at radius 2 is 1.85 bits per heavy atom. The van der Waals surface area contributed by atoms with Crippen molar-refractivity contribution >= 4 is 51.8 Å². The van der Waals surface area contributed by atoms with Gasteiger partial charge >= 0.3 is 0 Å². The van der Waals surface area contributed by atoms with Gasteiger partial charge in [0.25, 0.3) is 5.91 Å². The molecule has 0 aliphatic heterocycles. The summed E-state index contributed by atoms with van der Waals surface area (Å²) in [6.45, 7) is 1.73. The van der Waals surface area contributed by atoms with Gasteiger partial charge in [0, 0.05) is 16.3 Å². The first-order valence-electron chi connectivity index (χ1n) is 8.20. The average molecular weight is 402 g/mol. The lowest BCUT2D eigenvalue weighted by molar-refractivity contribution is -0.121. The van der Waals surface area contributed by atoms with Crippen molar-refractivity contribution in [1.82, 2.24) is 5.43 Å². The molecule has 0 spiro atoms. The number of fused-ring (bicyclic) bond motifs is 1. The lowest BCUT2D eigenvalue weighted by atomic mass is 10.1. The number of nitrogens with zero attached hydrogens (tertiary/aromatic N) is 1. The number of nitrogens with one attached hydrogen (secondary N) is 2. The summed E-state index contributed by atoms with van der Waals surface area (Å²) < 4.78 is 0. The van der Waals surface area contributed by atoms with E-state index < -0.39 is 6.04 Å². The minimum absolute atomic E-state index is 0.113. The minimum atomic E-state index is -0.514. The SMILES string of the molecule is C[C@@H](Nc1ccc2ccccc2c1)C(=O)N/N=C/c1cc(Cl)cc(Cl)c1O. The number of hydrogen-bond donors (Lipinski definition) is 3. The number of halogens is 2. The largest absolute Gasteiger partial charge is 0.506 e. The second kappa shape index (κ2) is 8.29. The van der Waals surface area contributed by atoms with Crippen molar-refractivity contribution in [1.29, 1.82) is 0 Å². The van der Waals surface area contributed by atoms with Crippen molar-refractivity contribution in [2.24, 2.45) is 5.10 Å². The molecule has 0 aromatic heterocycles. The topological polar surface area (TPSA) is 73.7 Å². The van der Waals surface area contributed by atoms with E-state index in [9.17, 15) is 9.90 Å². The molecule has 3 aromatic carbocycles. The average Bonchev–Trinajstić information content (AvgIpc) is 2.65.